The molecule has 0 spiro atoms. The van der Waals surface area contributed by atoms with Gasteiger partial charge in [0.15, 0.2) is 0 Å². The molecule has 0 saturated heterocycles. The van der Waals surface area contributed by atoms with Gasteiger partial charge < -0.3 is 9.73 Å². The van der Waals surface area contributed by atoms with Crippen LogP contribution in [0.3, 0.4) is 0 Å². The lowest BCUT2D eigenvalue weighted by Crippen LogP contribution is -2.21. The third kappa shape index (κ3) is 2.57. The predicted octanol–water partition coefficient (Wildman–Crippen LogP) is 4.19. The maximum Gasteiger partial charge on any atom is 0.255 e. The van der Waals surface area contributed by atoms with E-state index in [1.807, 2.05) is 35.7 Å². The summed E-state index contributed by atoms with van der Waals surface area (Å²) in [7, 11) is 0. The molecule has 19 heavy (non-hydrogen) atoms. The normalized spacial score (nSPS) is 10.8. The van der Waals surface area contributed by atoms with E-state index < -0.39 is 0 Å². The van der Waals surface area contributed by atoms with Crippen LogP contribution in [0.2, 0.25) is 0 Å². The van der Waals surface area contributed by atoms with Gasteiger partial charge in [0, 0.05) is 20.1 Å². The highest BCUT2D eigenvalue weighted by atomic mass is 79.9. The number of hydrogen-bond donors (Lipinski definition) is 1. The van der Waals surface area contributed by atoms with E-state index >= 15 is 0 Å². The van der Waals surface area contributed by atoms with E-state index in [-0.39, 0.29) is 5.91 Å². The van der Waals surface area contributed by atoms with Gasteiger partial charge >= 0.3 is 0 Å². The van der Waals surface area contributed by atoms with Gasteiger partial charge in [0.05, 0.1) is 12.1 Å². The van der Waals surface area contributed by atoms with Gasteiger partial charge in [-0.2, -0.15) is 0 Å². The van der Waals surface area contributed by atoms with Crippen LogP contribution in [0, 0.1) is 0 Å². The summed E-state index contributed by atoms with van der Waals surface area (Å²) in [6.45, 7) is 0.522. The van der Waals surface area contributed by atoms with Crippen molar-refractivity contribution in [2.24, 2.45) is 0 Å². The van der Waals surface area contributed by atoms with E-state index in [2.05, 4.69) is 21.2 Å². The number of hydrogen-bond acceptors (Lipinski definition) is 3. The number of amides is 1. The van der Waals surface area contributed by atoms with Crippen LogP contribution in [0.15, 0.2) is 50.9 Å². The summed E-state index contributed by atoms with van der Waals surface area (Å²) in [6.07, 6.45) is 1.50. The Hall–Kier alpha value is -1.59. The molecule has 0 unspecified atom stereocenters. The molecule has 3 nitrogen and oxygen atoms in total. The van der Waals surface area contributed by atoms with Crippen LogP contribution in [0.25, 0.3) is 11.0 Å². The Kier molecular flexibility index (Phi) is 3.40. The molecule has 0 aliphatic rings. The van der Waals surface area contributed by atoms with Crippen molar-refractivity contribution in [3.63, 3.8) is 0 Å². The third-order valence-corrected chi connectivity index (χ3v) is 4.47. The monoisotopic (exact) mass is 335 g/mol. The molecular formula is C14H10BrNO2S. The molecule has 0 bridgehead atoms. The van der Waals surface area contributed by atoms with Crippen molar-refractivity contribution in [3.05, 3.63) is 56.9 Å². The summed E-state index contributed by atoms with van der Waals surface area (Å²) in [5.74, 6) is -0.116. The molecule has 2 aromatic heterocycles. The first kappa shape index (κ1) is 12.4. The van der Waals surface area contributed by atoms with Crippen LogP contribution in [0.4, 0.5) is 0 Å². The quantitative estimate of drug-likeness (QED) is 0.779. The molecule has 0 aliphatic carbocycles. The van der Waals surface area contributed by atoms with Gasteiger partial charge in [-0.25, -0.2) is 0 Å². The highest BCUT2D eigenvalue weighted by Crippen LogP contribution is 2.22. The number of furan rings is 1. The average Bonchev–Trinajstić information content (AvgIpc) is 3.02. The number of carbonyl (C=O) groups excluding carboxylic acids is 1. The van der Waals surface area contributed by atoms with Crippen LogP contribution in [-0.2, 0) is 6.54 Å². The summed E-state index contributed by atoms with van der Waals surface area (Å²) < 4.78 is 6.40. The largest absolute Gasteiger partial charge is 0.463 e. The summed E-state index contributed by atoms with van der Waals surface area (Å²) in [4.78, 5) is 13.2. The average molecular weight is 336 g/mol. The van der Waals surface area contributed by atoms with Crippen molar-refractivity contribution in [2.75, 3.05) is 0 Å². The first-order chi connectivity index (χ1) is 9.24. The van der Waals surface area contributed by atoms with Crippen LogP contribution in [0.5, 0.6) is 0 Å². The van der Waals surface area contributed by atoms with Crippen molar-refractivity contribution in [1.82, 2.24) is 5.32 Å². The van der Waals surface area contributed by atoms with Crippen molar-refractivity contribution >= 4 is 44.1 Å². The number of halogens is 1. The van der Waals surface area contributed by atoms with Crippen molar-refractivity contribution in [2.45, 2.75) is 6.54 Å². The van der Waals surface area contributed by atoms with E-state index in [9.17, 15) is 4.79 Å². The molecule has 96 valence electrons. The molecule has 0 fully saturated rings. The molecule has 0 radical (unpaired) electrons. The van der Waals surface area contributed by atoms with E-state index in [0.717, 1.165) is 20.3 Å². The third-order valence-electron chi connectivity index (χ3n) is 2.77. The molecule has 1 N–H and O–H groups in total. The number of benzene rings is 1. The number of fused-ring (bicyclic) bond motifs is 1. The van der Waals surface area contributed by atoms with Gasteiger partial charge in [-0.1, -0.05) is 18.2 Å². The first-order valence-corrected chi connectivity index (χ1v) is 7.38. The second-order valence-corrected chi connectivity index (χ2v) is 5.97. The maximum absolute atomic E-state index is 12.1. The van der Waals surface area contributed by atoms with Crippen molar-refractivity contribution in [1.29, 1.82) is 0 Å². The Labute approximate surface area is 122 Å². The Morgan fingerprint density at radius 1 is 1.37 bits per heavy atom. The number of para-hydroxylation sites is 1. The minimum absolute atomic E-state index is 0.116. The lowest BCUT2D eigenvalue weighted by atomic mass is 10.1. The minimum atomic E-state index is -0.116. The Morgan fingerprint density at radius 2 is 2.21 bits per heavy atom. The lowest BCUT2D eigenvalue weighted by molar-refractivity contribution is 0.0952. The zero-order valence-corrected chi connectivity index (χ0v) is 12.3. The van der Waals surface area contributed by atoms with Crippen LogP contribution < -0.4 is 5.32 Å². The summed E-state index contributed by atoms with van der Waals surface area (Å²) in [5.41, 5.74) is 1.30. The van der Waals surface area contributed by atoms with Gasteiger partial charge in [0.1, 0.15) is 11.8 Å². The first-order valence-electron chi connectivity index (χ1n) is 5.71. The van der Waals surface area contributed by atoms with Gasteiger partial charge in [0.25, 0.3) is 5.91 Å². The summed E-state index contributed by atoms with van der Waals surface area (Å²) >= 11 is 5.00. The molecule has 2 heterocycles. The van der Waals surface area contributed by atoms with Gasteiger partial charge in [-0.3, -0.25) is 4.79 Å². The van der Waals surface area contributed by atoms with Gasteiger partial charge in [-0.15, -0.1) is 11.3 Å². The molecule has 5 heteroatoms. The molecule has 3 aromatic rings. The fourth-order valence-electron chi connectivity index (χ4n) is 1.86. The smallest absolute Gasteiger partial charge is 0.255 e. The zero-order chi connectivity index (χ0) is 13.2. The molecule has 1 aromatic carbocycles. The van der Waals surface area contributed by atoms with E-state index in [1.54, 1.807) is 11.3 Å². The fraction of sp³-hybridized carbons (Fsp3) is 0.0714. The molecule has 3 rings (SSSR count). The Balaban J connectivity index is 1.77. The highest BCUT2D eigenvalue weighted by molar-refractivity contribution is 9.10. The molecule has 0 atom stereocenters. The zero-order valence-electron chi connectivity index (χ0n) is 9.85. The number of carbonyl (C=O) groups is 1. The lowest BCUT2D eigenvalue weighted by Gasteiger charge is -2.01. The number of nitrogens with one attached hydrogen (secondary N) is 1. The number of rotatable bonds is 3. The standard InChI is InChI=1S/C14H10BrNO2S/c15-9-5-10(19-8-9)6-16-14(17)12-7-18-13-4-2-1-3-11(12)13/h1-5,7-8H,6H2,(H,16,17). The molecule has 1 amide bonds. The van der Waals surface area contributed by atoms with E-state index in [4.69, 9.17) is 4.42 Å². The van der Waals surface area contributed by atoms with Crippen molar-refractivity contribution < 1.29 is 9.21 Å². The SMILES string of the molecule is O=C(NCc1cc(Br)cs1)c1coc2ccccc12. The highest BCUT2D eigenvalue weighted by Gasteiger charge is 2.13. The fourth-order valence-corrected chi connectivity index (χ4v) is 3.25. The van der Waals surface area contributed by atoms with Crippen molar-refractivity contribution in [3.8, 4) is 0 Å². The van der Waals surface area contributed by atoms with Gasteiger partial charge in [0.2, 0.25) is 0 Å². The second-order valence-electron chi connectivity index (χ2n) is 4.06. The molecular weight excluding hydrogens is 326 g/mol. The van der Waals surface area contributed by atoms with Crippen LogP contribution in [-0.4, -0.2) is 5.91 Å². The maximum atomic E-state index is 12.1. The summed E-state index contributed by atoms with van der Waals surface area (Å²) in [5, 5.41) is 5.73. The minimum Gasteiger partial charge on any atom is -0.463 e. The van der Waals surface area contributed by atoms with E-state index in [1.165, 1.54) is 6.26 Å². The topological polar surface area (TPSA) is 42.2 Å². The van der Waals surface area contributed by atoms with E-state index in [0.29, 0.717) is 12.1 Å². The number of thiophene rings is 1. The molecule has 0 aliphatic heterocycles. The summed E-state index contributed by atoms with van der Waals surface area (Å²) in [6, 6.07) is 9.51. The van der Waals surface area contributed by atoms with Gasteiger partial charge in [-0.05, 0) is 28.1 Å². The predicted molar refractivity (Wildman–Crippen MR) is 79.4 cm³/mol. The Bertz CT molecular complexity index is 732. The second kappa shape index (κ2) is 5.19. The van der Waals surface area contributed by atoms with Crippen LogP contribution >= 0.6 is 27.3 Å². The Morgan fingerprint density at radius 3 is 3.00 bits per heavy atom. The molecule has 0 saturated carbocycles. The van der Waals surface area contributed by atoms with Crippen LogP contribution in [0.1, 0.15) is 15.2 Å².